The molecule has 0 aliphatic carbocycles. The molecule has 1 heterocycles. The second-order valence-corrected chi connectivity index (χ2v) is 8.22. The molecule has 4 rings (SSSR count). The Kier molecular flexibility index (Phi) is 5.24. The number of nitrogens with one attached hydrogen (secondary N) is 1. The van der Waals surface area contributed by atoms with E-state index in [1.54, 1.807) is 0 Å². The summed E-state index contributed by atoms with van der Waals surface area (Å²) in [6.45, 7) is 9.95. The van der Waals surface area contributed by atoms with Gasteiger partial charge >= 0.3 is 0 Å². The number of hydrogen-bond acceptors (Lipinski definition) is 3. The second kappa shape index (κ2) is 7.88. The Bertz CT molecular complexity index is 1240. The molecule has 2 amide bonds. The number of nitrogens with zero attached hydrogens (tertiary/aromatic N) is 1. The number of imide groups is 1. The monoisotopic (exact) mass is 410 g/mol. The number of anilines is 2. The molecule has 0 unspecified atom stereocenters. The van der Waals surface area contributed by atoms with Crippen LogP contribution in [0.15, 0.2) is 66.4 Å². The molecule has 0 saturated heterocycles. The highest BCUT2D eigenvalue weighted by Crippen LogP contribution is 2.36. The van der Waals surface area contributed by atoms with Gasteiger partial charge < -0.3 is 5.32 Å². The molecule has 1 aliphatic heterocycles. The molecule has 0 bridgehead atoms. The molecular formula is C27H26N2O2. The number of amides is 2. The molecule has 1 aliphatic rings. The lowest BCUT2D eigenvalue weighted by molar-refractivity contribution is -0.120. The lowest BCUT2D eigenvalue weighted by atomic mass is 10.0. The zero-order valence-corrected chi connectivity index (χ0v) is 18.5. The first-order chi connectivity index (χ1) is 14.8. The zero-order valence-electron chi connectivity index (χ0n) is 18.5. The maximum atomic E-state index is 13.6. The van der Waals surface area contributed by atoms with E-state index in [0.29, 0.717) is 17.0 Å². The third kappa shape index (κ3) is 3.66. The summed E-state index contributed by atoms with van der Waals surface area (Å²) in [6.07, 6.45) is 0. The van der Waals surface area contributed by atoms with Gasteiger partial charge in [0.05, 0.1) is 11.3 Å². The van der Waals surface area contributed by atoms with Crippen LogP contribution in [0.4, 0.5) is 11.4 Å². The average Bonchev–Trinajstić information content (AvgIpc) is 2.96. The van der Waals surface area contributed by atoms with Crippen molar-refractivity contribution in [2.45, 2.75) is 34.6 Å². The van der Waals surface area contributed by atoms with E-state index in [9.17, 15) is 9.59 Å². The van der Waals surface area contributed by atoms with Gasteiger partial charge in [0.1, 0.15) is 5.70 Å². The topological polar surface area (TPSA) is 49.4 Å². The maximum Gasteiger partial charge on any atom is 0.282 e. The van der Waals surface area contributed by atoms with Crippen LogP contribution in [0.5, 0.6) is 0 Å². The summed E-state index contributed by atoms with van der Waals surface area (Å²) in [5.41, 5.74) is 8.09. The molecule has 156 valence electrons. The summed E-state index contributed by atoms with van der Waals surface area (Å²) in [5.74, 6) is -0.651. The average molecular weight is 411 g/mol. The fourth-order valence-electron chi connectivity index (χ4n) is 3.93. The lowest BCUT2D eigenvalue weighted by Gasteiger charge is -2.18. The predicted octanol–water partition coefficient (Wildman–Crippen LogP) is 5.63. The van der Waals surface area contributed by atoms with E-state index in [2.05, 4.69) is 5.32 Å². The normalized spacial score (nSPS) is 13.9. The van der Waals surface area contributed by atoms with Crippen LogP contribution < -0.4 is 10.2 Å². The Morgan fingerprint density at radius 2 is 1.39 bits per heavy atom. The molecule has 0 atom stereocenters. The highest BCUT2D eigenvalue weighted by Gasteiger charge is 2.40. The molecule has 4 heteroatoms. The Morgan fingerprint density at radius 1 is 0.710 bits per heavy atom. The fourth-order valence-corrected chi connectivity index (χ4v) is 3.93. The van der Waals surface area contributed by atoms with Gasteiger partial charge in [0.2, 0.25) is 0 Å². The fraction of sp³-hybridized carbons (Fsp3) is 0.185. The predicted molar refractivity (Wildman–Crippen MR) is 126 cm³/mol. The first-order valence-electron chi connectivity index (χ1n) is 10.4. The molecule has 0 aromatic heterocycles. The van der Waals surface area contributed by atoms with Gasteiger partial charge in [-0.25, -0.2) is 4.90 Å². The number of carbonyl (C=O) groups excluding carboxylic acids is 2. The van der Waals surface area contributed by atoms with E-state index < -0.39 is 0 Å². The molecule has 0 fully saturated rings. The molecule has 0 saturated carbocycles. The first-order valence-corrected chi connectivity index (χ1v) is 10.4. The van der Waals surface area contributed by atoms with Crippen LogP contribution in [0.1, 0.15) is 33.4 Å². The van der Waals surface area contributed by atoms with Crippen LogP contribution in [-0.2, 0) is 9.59 Å². The SMILES string of the molecule is Cc1ccc(C2=C(Nc3cccc(C)c3C)C(=O)N(c3ccc(C)cc3C)C2=O)cc1. The van der Waals surface area contributed by atoms with Crippen molar-refractivity contribution in [3.05, 3.63) is 99.7 Å². The minimum atomic E-state index is -0.339. The summed E-state index contributed by atoms with van der Waals surface area (Å²) in [7, 11) is 0. The standard InChI is InChI=1S/C27H26N2O2/c1-16-9-12-21(13-10-16)24-25(28-22-8-6-7-18(3)20(22)5)27(31)29(26(24)30)23-14-11-17(2)15-19(23)4/h6-15,28H,1-5H3. The van der Waals surface area contributed by atoms with E-state index in [1.165, 1.54) is 4.90 Å². The van der Waals surface area contributed by atoms with Crippen LogP contribution in [0.3, 0.4) is 0 Å². The van der Waals surface area contributed by atoms with Gasteiger partial charge in [-0.15, -0.1) is 0 Å². The Hall–Kier alpha value is -3.66. The molecule has 1 N–H and O–H groups in total. The van der Waals surface area contributed by atoms with Crippen molar-refractivity contribution in [1.29, 1.82) is 0 Å². The van der Waals surface area contributed by atoms with E-state index >= 15 is 0 Å². The number of carbonyl (C=O) groups is 2. The van der Waals surface area contributed by atoms with Crippen LogP contribution >= 0.6 is 0 Å². The van der Waals surface area contributed by atoms with Gasteiger partial charge in [-0.05, 0) is 69.0 Å². The van der Waals surface area contributed by atoms with Crippen molar-refractivity contribution in [3.63, 3.8) is 0 Å². The number of aryl methyl sites for hydroxylation is 4. The van der Waals surface area contributed by atoms with Crippen molar-refractivity contribution in [3.8, 4) is 0 Å². The summed E-state index contributed by atoms with van der Waals surface area (Å²) < 4.78 is 0. The Morgan fingerprint density at radius 3 is 2.06 bits per heavy atom. The van der Waals surface area contributed by atoms with E-state index in [1.807, 2.05) is 95.3 Å². The van der Waals surface area contributed by atoms with Crippen molar-refractivity contribution in [1.82, 2.24) is 0 Å². The molecule has 3 aromatic carbocycles. The molecule has 3 aromatic rings. The van der Waals surface area contributed by atoms with Gasteiger partial charge in [0.25, 0.3) is 11.8 Å². The minimum Gasteiger partial charge on any atom is -0.350 e. The summed E-state index contributed by atoms with van der Waals surface area (Å²) in [4.78, 5) is 28.5. The van der Waals surface area contributed by atoms with E-state index in [4.69, 9.17) is 0 Å². The molecule has 4 nitrogen and oxygen atoms in total. The molecule has 0 radical (unpaired) electrons. The minimum absolute atomic E-state index is 0.308. The van der Waals surface area contributed by atoms with Crippen molar-refractivity contribution in [2.24, 2.45) is 0 Å². The highest BCUT2D eigenvalue weighted by atomic mass is 16.2. The number of benzene rings is 3. The lowest BCUT2D eigenvalue weighted by Crippen LogP contribution is -2.33. The zero-order chi connectivity index (χ0) is 22.3. The quantitative estimate of drug-likeness (QED) is 0.568. The largest absolute Gasteiger partial charge is 0.350 e. The molecule has 31 heavy (non-hydrogen) atoms. The van der Waals surface area contributed by atoms with Crippen LogP contribution in [0.25, 0.3) is 5.57 Å². The summed E-state index contributed by atoms with van der Waals surface area (Å²) in [5, 5.41) is 3.29. The third-order valence-electron chi connectivity index (χ3n) is 5.88. The summed E-state index contributed by atoms with van der Waals surface area (Å²) >= 11 is 0. The van der Waals surface area contributed by atoms with Crippen LogP contribution in [0.2, 0.25) is 0 Å². The highest BCUT2D eigenvalue weighted by molar-refractivity contribution is 6.46. The Balaban J connectivity index is 1.87. The van der Waals surface area contributed by atoms with Gasteiger partial charge in [-0.3, -0.25) is 9.59 Å². The van der Waals surface area contributed by atoms with Crippen LogP contribution in [-0.4, -0.2) is 11.8 Å². The van der Waals surface area contributed by atoms with Crippen molar-refractivity contribution < 1.29 is 9.59 Å². The molecule has 0 spiro atoms. The summed E-state index contributed by atoms with van der Waals surface area (Å²) in [6, 6.07) is 19.3. The van der Waals surface area contributed by atoms with Crippen molar-refractivity contribution in [2.75, 3.05) is 10.2 Å². The second-order valence-electron chi connectivity index (χ2n) is 8.22. The van der Waals surface area contributed by atoms with Crippen LogP contribution in [0, 0.1) is 34.6 Å². The van der Waals surface area contributed by atoms with E-state index in [-0.39, 0.29) is 11.8 Å². The number of rotatable bonds is 4. The molecular weight excluding hydrogens is 384 g/mol. The van der Waals surface area contributed by atoms with Gasteiger partial charge in [-0.2, -0.15) is 0 Å². The Labute approximate surface area is 183 Å². The van der Waals surface area contributed by atoms with Gasteiger partial charge in [0.15, 0.2) is 0 Å². The first kappa shape index (κ1) is 20.6. The van der Waals surface area contributed by atoms with E-state index in [0.717, 1.165) is 39.1 Å². The van der Waals surface area contributed by atoms with Gasteiger partial charge in [-0.1, -0.05) is 59.7 Å². The smallest absolute Gasteiger partial charge is 0.282 e. The third-order valence-corrected chi connectivity index (χ3v) is 5.88. The maximum absolute atomic E-state index is 13.6. The van der Waals surface area contributed by atoms with Gasteiger partial charge in [0, 0.05) is 5.69 Å². The van der Waals surface area contributed by atoms with Crippen molar-refractivity contribution >= 4 is 28.8 Å². The number of hydrogen-bond donors (Lipinski definition) is 1.